The Morgan fingerprint density at radius 3 is 3.14 bits per heavy atom. The number of amides is 2. The van der Waals surface area contributed by atoms with Gasteiger partial charge in [-0.15, -0.1) is 0 Å². The highest BCUT2D eigenvalue weighted by atomic mass is 32.1. The lowest BCUT2D eigenvalue weighted by atomic mass is 9.92. The summed E-state index contributed by atoms with van der Waals surface area (Å²) in [5.74, 6) is -0.720. The number of allylic oxidation sites excluding steroid dienone is 1. The van der Waals surface area contributed by atoms with Crippen LogP contribution in [0, 0.1) is 5.92 Å². The monoisotopic (exact) mass is 305 g/mol. The number of fused-ring (bicyclic) bond motifs is 1. The van der Waals surface area contributed by atoms with Gasteiger partial charge in [0, 0.05) is 25.3 Å². The zero-order valence-corrected chi connectivity index (χ0v) is 12.2. The topological polar surface area (TPSA) is 71.0 Å². The third-order valence-corrected chi connectivity index (χ3v) is 3.78. The molecule has 21 heavy (non-hydrogen) atoms. The molecular formula is C14H15N3O3S. The fourth-order valence-corrected chi connectivity index (χ4v) is 2.72. The first-order chi connectivity index (χ1) is 10.1. The van der Waals surface area contributed by atoms with E-state index in [1.807, 2.05) is 0 Å². The predicted octanol–water partition coefficient (Wildman–Crippen LogP) is 0.203. The predicted molar refractivity (Wildman–Crippen MR) is 80.9 cm³/mol. The first-order valence-corrected chi connectivity index (χ1v) is 7.26. The molecule has 0 radical (unpaired) electrons. The molecule has 6 nitrogen and oxygen atoms in total. The van der Waals surface area contributed by atoms with Crippen LogP contribution in [0.2, 0.25) is 0 Å². The van der Waals surface area contributed by atoms with E-state index in [1.54, 1.807) is 23.1 Å². The minimum absolute atomic E-state index is 0.0604. The van der Waals surface area contributed by atoms with Crippen LogP contribution in [0.4, 0.5) is 0 Å². The molecule has 0 aromatic heterocycles. The van der Waals surface area contributed by atoms with Gasteiger partial charge >= 0.3 is 0 Å². The first-order valence-electron chi connectivity index (χ1n) is 6.85. The molecule has 0 saturated carbocycles. The lowest BCUT2D eigenvalue weighted by Crippen LogP contribution is -2.43. The zero-order valence-electron chi connectivity index (χ0n) is 11.4. The smallest absolute Gasteiger partial charge is 0.253 e. The molecule has 1 unspecified atom stereocenters. The van der Waals surface area contributed by atoms with Crippen molar-refractivity contribution in [3.63, 3.8) is 0 Å². The summed E-state index contributed by atoms with van der Waals surface area (Å²) in [6.07, 6.45) is 5.87. The van der Waals surface area contributed by atoms with E-state index in [1.165, 1.54) is 0 Å². The molecule has 1 aliphatic carbocycles. The van der Waals surface area contributed by atoms with Crippen molar-refractivity contribution in [2.24, 2.45) is 10.9 Å². The van der Waals surface area contributed by atoms with Crippen LogP contribution in [-0.4, -0.2) is 53.8 Å². The number of rotatable bonds is 1. The number of thiocarbonyl (C=S) groups is 1. The van der Waals surface area contributed by atoms with Gasteiger partial charge in [0.15, 0.2) is 5.11 Å². The van der Waals surface area contributed by atoms with Crippen LogP contribution in [0.15, 0.2) is 28.8 Å². The van der Waals surface area contributed by atoms with Crippen LogP contribution in [-0.2, 0) is 14.3 Å². The van der Waals surface area contributed by atoms with Gasteiger partial charge in [0.1, 0.15) is 0 Å². The summed E-state index contributed by atoms with van der Waals surface area (Å²) in [6.45, 7) is 2.50. The number of aliphatic imine (C=N–C) groups is 1. The number of carbonyl (C=O) groups excluding carboxylic acids is 2. The van der Waals surface area contributed by atoms with Crippen molar-refractivity contribution < 1.29 is 14.3 Å². The van der Waals surface area contributed by atoms with Gasteiger partial charge in [0.25, 0.3) is 5.91 Å². The Labute approximate surface area is 127 Å². The lowest BCUT2D eigenvalue weighted by Gasteiger charge is -2.25. The molecule has 2 amide bonds. The van der Waals surface area contributed by atoms with Gasteiger partial charge in [-0.1, -0.05) is 12.2 Å². The Kier molecular flexibility index (Phi) is 3.94. The van der Waals surface area contributed by atoms with Crippen LogP contribution >= 0.6 is 12.2 Å². The Bertz CT molecular complexity index is 586. The average molecular weight is 305 g/mol. The van der Waals surface area contributed by atoms with Gasteiger partial charge in [-0.2, -0.15) is 0 Å². The van der Waals surface area contributed by atoms with E-state index in [0.29, 0.717) is 37.6 Å². The molecule has 1 atom stereocenters. The summed E-state index contributed by atoms with van der Waals surface area (Å²) in [5.41, 5.74) is 1.06. The molecule has 1 fully saturated rings. The van der Waals surface area contributed by atoms with Gasteiger partial charge in [0.05, 0.1) is 18.2 Å². The largest absolute Gasteiger partial charge is 0.380 e. The Morgan fingerprint density at radius 2 is 2.29 bits per heavy atom. The van der Waals surface area contributed by atoms with E-state index >= 15 is 0 Å². The minimum atomic E-state index is -0.458. The molecule has 0 aromatic rings. The number of carbonyl (C=O) groups is 2. The van der Waals surface area contributed by atoms with Gasteiger partial charge in [-0.3, -0.25) is 9.59 Å². The SMILES string of the molecule is O=C1NC(=S)N=C2C=C(C(=O)N3CCCOCC3)C=CC12. The number of nitrogens with one attached hydrogen (secondary N) is 1. The summed E-state index contributed by atoms with van der Waals surface area (Å²) < 4.78 is 5.35. The molecular weight excluding hydrogens is 290 g/mol. The first kappa shape index (κ1) is 14.1. The Morgan fingerprint density at radius 1 is 1.43 bits per heavy atom. The van der Waals surface area contributed by atoms with Crippen LogP contribution < -0.4 is 5.32 Å². The maximum Gasteiger partial charge on any atom is 0.253 e. The molecule has 2 aliphatic heterocycles. The Balaban J connectivity index is 1.81. The van der Waals surface area contributed by atoms with Crippen molar-refractivity contribution >= 4 is 34.9 Å². The molecule has 1 saturated heterocycles. The van der Waals surface area contributed by atoms with E-state index in [9.17, 15) is 9.59 Å². The van der Waals surface area contributed by atoms with E-state index in [2.05, 4.69) is 10.3 Å². The molecule has 0 spiro atoms. The van der Waals surface area contributed by atoms with Crippen molar-refractivity contribution in [3.05, 3.63) is 23.8 Å². The van der Waals surface area contributed by atoms with Crippen molar-refractivity contribution in [2.45, 2.75) is 6.42 Å². The zero-order chi connectivity index (χ0) is 14.8. The molecule has 3 aliphatic rings. The van der Waals surface area contributed by atoms with Crippen LogP contribution in [0.3, 0.4) is 0 Å². The van der Waals surface area contributed by atoms with Gasteiger partial charge in [-0.05, 0) is 24.7 Å². The van der Waals surface area contributed by atoms with E-state index in [0.717, 1.165) is 6.42 Å². The highest BCUT2D eigenvalue weighted by Crippen LogP contribution is 2.19. The Hall–Kier alpha value is -1.86. The number of ether oxygens (including phenoxy) is 1. The number of nitrogens with zero attached hydrogens (tertiary/aromatic N) is 2. The van der Waals surface area contributed by atoms with Gasteiger partial charge in [-0.25, -0.2) is 4.99 Å². The second-order valence-corrected chi connectivity index (χ2v) is 5.41. The van der Waals surface area contributed by atoms with Crippen molar-refractivity contribution in [1.29, 1.82) is 0 Å². The summed E-state index contributed by atoms with van der Waals surface area (Å²) in [4.78, 5) is 30.2. The van der Waals surface area contributed by atoms with Crippen molar-refractivity contribution in [2.75, 3.05) is 26.3 Å². The average Bonchev–Trinajstić information content (AvgIpc) is 2.74. The summed E-state index contributed by atoms with van der Waals surface area (Å²) in [5, 5.41) is 2.65. The molecule has 110 valence electrons. The highest BCUT2D eigenvalue weighted by Gasteiger charge is 2.30. The second-order valence-electron chi connectivity index (χ2n) is 5.03. The number of hydrogen-bond donors (Lipinski definition) is 1. The fourth-order valence-electron chi connectivity index (χ4n) is 2.51. The molecule has 2 heterocycles. The number of hydrogen-bond acceptors (Lipinski definition) is 4. The van der Waals surface area contributed by atoms with E-state index < -0.39 is 5.92 Å². The summed E-state index contributed by atoms with van der Waals surface area (Å²) in [6, 6.07) is 0. The highest BCUT2D eigenvalue weighted by molar-refractivity contribution is 7.80. The molecule has 1 N–H and O–H groups in total. The summed E-state index contributed by atoms with van der Waals surface area (Å²) >= 11 is 4.91. The summed E-state index contributed by atoms with van der Waals surface area (Å²) in [7, 11) is 0. The van der Waals surface area contributed by atoms with Crippen LogP contribution in [0.5, 0.6) is 0 Å². The van der Waals surface area contributed by atoms with Crippen LogP contribution in [0.1, 0.15) is 6.42 Å². The maximum absolute atomic E-state index is 12.5. The molecule has 3 rings (SSSR count). The molecule has 7 heteroatoms. The maximum atomic E-state index is 12.5. The minimum Gasteiger partial charge on any atom is -0.380 e. The van der Waals surface area contributed by atoms with Gasteiger partial charge < -0.3 is 15.0 Å². The van der Waals surface area contributed by atoms with E-state index in [4.69, 9.17) is 17.0 Å². The second kappa shape index (κ2) is 5.87. The van der Waals surface area contributed by atoms with Crippen LogP contribution in [0.25, 0.3) is 0 Å². The van der Waals surface area contributed by atoms with Gasteiger partial charge in [0.2, 0.25) is 5.91 Å². The van der Waals surface area contributed by atoms with Crippen molar-refractivity contribution in [1.82, 2.24) is 10.2 Å². The van der Waals surface area contributed by atoms with E-state index in [-0.39, 0.29) is 16.9 Å². The fraction of sp³-hybridized carbons (Fsp3) is 0.429. The standard InChI is InChI=1S/C14H15N3O3S/c18-12-10-3-2-9(8-11(10)15-14(21)16-12)13(19)17-4-1-6-20-7-5-17/h2-3,8,10H,1,4-7H2,(H,16,18,21). The lowest BCUT2D eigenvalue weighted by molar-refractivity contribution is -0.127. The third kappa shape index (κ3) is 2.93. The quantitative estimate of drug-likeness (QED) is 0.703. The molecule has 0 bridgehead atoms. The van der Waals surface area contributed by atoms with Crippen molar-refractivity contribution in [3.8, 4) is 0 Å². The third-order valence-electron chi connectivity index (χ3n) is 3.59. The normalized spacial score (nSPS) is 25.5. The molecule has 0 aromatic carbocycles.